The highest BCUT2D eigenvalue weighted by Crippen LogP contribution is 2.26. The zero-order valence-corrected chi connectivity index (χ0v) is 13.1. The van der Waals surface area contributed by atoms with E-state index in [0.717, 1.165) is 40.1 Å². The van der Waals surface area contributed by atoms with Crippen molar-refractivity contribution in [2.45, 2.75) is 27.3 Å². The van der Waals surface area contributed by atoms with Crippen molar-refractivity contribution in [2.24, 2.45) is 0 Å². The van der Waals surface area contributed by atoms with Gasteiger partial charge in [0, 0.05) is 35.0 Å². The molecule has 0 saturated heterocycles. The van der Waals surface area contributed by atoms with Crippen LogP contribution >= 0.6 is 0 Å². The van der Waals surface area contributed by atoms with E-state index in [2.05, 4.69) is 33.9 Å². The largest absolute Gasteiger partial charge is 0.337 e. The van der Waals surface area contributed by atoms with Gasteiger partial charge in [0.25, 0.3) is 5.91 Å². The lowest BCUT2D eigenvalue weighted by Crippen LogP contribution is -2.18. The predicted molar refractivity (Wildman–Crippen MR) is 89.3 cm³/mol. The Morgan fingerprint density at radius 3 is 2.73 bits per heavy atom. The third-order valence-corrected chi connectivity index (χ3v) is 3.91. The third kappa shape index (κ3) is 2.37. The molecule has 0 unspecified atom stereocenters. The fourth-order valence-electron chi connectivity index (χ4n) is 2.91. The summed E-state index contributed by atoms with van der Waals surface area (Å²) in [5.41, 5.74) is 4.48. The molecule has 0 spiro atoms. The number of benzene rings is 1. The number of nitrogens with zero attached hydrogens (tertiary/aromatic N) is 2. The van der Waals surface area contributed by atoms with Crippen LogP contribution in [0.1, 0.15) is 28.7 Å². The van der Waals surface area contributed by atoms with Crippen LogP contribution in [0.3, 0.4) is 0 Å². The highest BCUT2D eigenvalue weighted by atomic mass is 16.2. The standard InChI is InChI=1S/C18H19N3O/c1-4-21-16-8-6-5-7-15(16)13(3)17(21)18(22)20-14-9-10-19-12(2)11-14/h5-11H,4H2,1-3H3,(H,19,20,22). The van der Waals surface area contributed by atoms with Gasteiger partial charge in [-0.3, -0.25) is 9.78 Å². The second kappa shape index (κ2) is 5.64. The lowest BCUT2D eigenvalue weighted by Gasteiger charge is -2.10. The Hall–Kier alpha value is -2.62. The van der Waals surface area contributed by atoms with Crippen molar-refractivity contribution >= 4 is 22.5 Å². The van der Waals surface area contributed by atoms with Crippen molar-refractivity contribution < 1.29 is 4.79 Å². The summed E-state index contributed by atoms with van der Waals surface area (Å²) in [4.78, 5) is 16.9. The maximum Gasteiger partial charge on any atom is 0.272 e. The molecular formula is C18H19N3O. The van der Waals surface area contributed by atoms with Gasteiger partial charge in [0.1, 0.15) is 5.69 Å². The van der Waals surface area contributed by atoms with Crippen molar-refractivity contribution in [3.63, 3.8) is 0 Å². The molecule has 4 heteroatoms. The third-order valence-electron chi connectivity index (χ3n) is 3.91. The number of hydrogen-bond donors (Lipinski definition) is 1. The molecule has 2 heterocycles. The topological polar surface area (TPSA) is 46.9 Å². The molecule has 0 bridgehead atoms. The Bertz CT molecular complexity index is 849. The van der Waals surface area contributed by atoms with Gasteiger partial charge >= 0.3 is 0 Å². The smallest absolute Gasteiger partial charge is 0.272 e. The van der Waals surface area contributed by atoms with Crippen LogP contribution in [-0.4, -0.2) is 15.5 Å². The van der Waals surface area contributed by atoms with E-state index in [-0.39, 0.29) is 5.91 Å². The normalized spacial score (nSPS) is 10.9. The van der Waals surface area contributed by atoms with Crippen molar-refractivity contribution in [3.8, 4) is 0 Å². The summed E-state index contributed by atoms with van der Waals surface area (Å²) in [6.45, 7) is 6.72. The number of amides is 1. The second-order valence-electron chi connectivity index (χ2n) is 5.38. The van der Waals surface area contributed by atoms with Crippen molar-refractivity contribution in [3.05, 3.63) is 59.5 Å². The molecule has 112 valence electrons. The van der Waals surface area contributed by atoms with Crippen LogP contribution in [0.15, 0.2) is 42.6 Å². The number of para-hydroxylation sites is 1. The monoisotopic (exact) mass is 293 g/mol. The first-order valence-corrected chi connectivity index (χ1v) is 7.43. The van der Waals surface area contributed by atoms with E-state index in [0.29, 0.717) is 0 Å². The first kappa shape index (κ1) is 14.3. The van der Waals surface area contributed by atoms with Crippen LogP contribution < -0.4 is 5.32 Å². The number of pyridine rings is 1. The van der Waals surface area contributed by atoms with Gasteiger partial charge < -0.3 is 9.88 Å². The average Bonchev–Trinajstić information content (AvgIpc) is 2.80. The number of aromatic nitrogens is 2. The summed E-state index contributed by atoms with van der Waals surface area (Å²) in [5.74, 6) is -0.0823. The van der Waals surface area contributed by atoms with Crippen molar-refractivity contribution in [2.75, 3.05) is 5.32 Å². The summed E-state index contributed by atoms with van der Waals surface area (Å²) in [6, 6.07) is 11.8. The molecule has 22 heavy (non-hydrogen) atoms. The van der Waals surface area contributed by atoms with Crippen molar-refractivity contribution in [1.29, 1.82) is 0 Å². The minimum absolute atomic E-state index is 0.0823. The molecule has 0 atom stereocenters. The van der Waals surface area contributed by atoms with Gasteiger partial charge in [0.2, 0.25) is 0 Å². The first-order chi connectivity index (χ1) is 10.6. The van der Waals surface area contributed by atoms with Gasteiger partial charge in [0.05, 0.1) is 0 Å². The maximum atomic E-state index is 12.7. The molecule has 3 rings (SSSR count). The van der Waals surface area contributed by atoms with E-state index in [4.69, 9.17) is 0 Å². The van der Waals surface area contributed by atoms with Crippen LogP contribution in [0, 0.1) is 13.8 Å². The first-order valence-electron chi connectivity index (χ1n) is 7.43. The molecule has 0 saturated carbocycles. The minimum atomic E-state index is -0.0823. The number of carbonyl (C=O) groups excluding carboxylic acids is 1. The molecule has 0 radical (unpaired) electrons. The van der Waals surface area contributed by atoms with Gasteiger partial charge in [-0.05, 0) is 44.5 Å². The summed E-state index contributed by atoms with van der Waals surface area (Å²) < 4.78 is 2.06. The lowest BCUT2D eigenvalue weighted by atomic mass is 10.1. The quantitative estimate of drug-likeness (QED) is 0.795. The molecular weight excluding hydrogens is 274 g/mol. The van der Waals surface area contributed by atoms with Gasteiger partial charge in [-0.25, -0.2) is 0 Å². The number of nitrogens with one attached hydrogen (secondary N) is 1. The zero-order chi connectivity index (χ0) is 15.7. The molecule has 0 fully saturated rings. The second-order valence-corrected chi connectivity index (χ2v) is 5.38. The van der Waals surface area contributed by atoms with Crippen LogP contribution in [0.2, 0.25) is 0 Å². The Labute approximate surface area is 129 Å². The summed E-state index contributed by atoms with van der Waals surface area (Å²) in [7, 11) is 0. The average molecular weight is 293 g/mol. The predicted octanol–water partition coefficient (Wildman–Crippen LogP) is 3.93. The van der Waals surface area contributed by atoms with Crippen LogP contribution in [0.4, 0.5) is 5.69 Å². The van der Waals surface area contributed by atoms with Crippen LogP contribution in [0.25, 0.3) is 10.9 Å². The molecule has 2 aromatic heterocycles. The number of carbonyl (C=O) groups is 1. The Morgan fingerprint density at radius 2 is 2.00 bits per heavy atom. The molecule has 0 aliphatic heterocycles. The highest BCUT2D eigenvalue weighted by Gasteiger charge is 2.19. The summed E-state index contributed by atoms with van der Waals surface area (Å²) in [5, 5.41) is 4.10. The molecule has 0 aliphatic rings. The van der Waals surface area contributed by atoms with E-state index in [1.54, 1.807) is 12.3 Å². The number of fused-ring (bicyclic) bond motifs is 1. The SMILES string of the molecule is CCn1c(C(=O)Nc2ccnc(C)c2)c(C)c2ccccc21. The van der Waals surface area contributed by atoms with Crippen LogP contribution in [0.5, 0.6) is 0 Å². The Kier molecular flexibility index (Phi) is 3.67. The molecule has 4 nitrogen and oxygen atoms in total. The van der Waals surface area contributed by atoms with Gasteiger partial charge in [-0.15, -0.1) is 0 Å². The number of aryl methyl sites for hydroxylation is 3. The highest BCUT2D eigenvalue weighted by molar-refractivity contribution is 6.08. The Balaban J connectivity index is 2.05. The van der Waals surface area contributed by atoms with Gasteiger partial charge in [0.15, 0.2) is 0 Å². The van der Waals surface area contributed by atoms with Crippen molar-refractivity contribution in [1.82, 2.24) is 9.55 Å². The van der Waals surface area contributed by atoms with Crippen LogP contribution in [-0.2, 0) is 6.54 Å². The maximum absolute atomic E-state index is 12.7. The molecule has 1 amide bonds. The zero-order valence-electron chi connectivity index (χ0n) is 13.1. The number of anilines is 1. The van der Waals surface area contributed by atoms with E-state index in [9.17, 15) is 4.79 Å². The summed E-state index contributed by atoms with van der Waals surface area (Å²) >= 11 is 0. The molecule has 1 N–H and O–H groups in total. The summed E-state index contributed by atoms with van der Waals surface area (Å²) in [6.07, 6.45) is 1.70. The molecule has 3 aromatic rings. The number of rotatable bonds is 3. The minimum Gasteiger partial charge on any atom is -0.337 e. The lowest BCUT2D eigenvalue weighted by molar-refractivity contribution is 0.101. The van der Waals surface area contributed by atoms with E-state index in [1.165, 1.54) is 0 Å². The molecule has 1 aromatic carbocycles. The van der Waals surface area contributed by atoms with Gasteiger partial charge in [-0.1, -0.05) is 18.2 Å². The van der Waals surface area contributed by atoms with E-state index < -0.39 is 0 Å². The fraction of sp³-hybridized carbons (Fsp3) is 0.222. The van der Waals surface area contributed by atoms with E-state index >= 15 is 0 Å². The fourth-order valence-corrected chi connectivity index (χ4v) is 2.91. The van der Waals surface area contributed by atoms with E-state index in [1.807, 2.05) is 32.0 Å². The van der Waals surface area contributed by atoms with Gasteiger partial charge in [-0.2, -0.15) is 0 Å². The molecule has 0 aliphatic carbocycles. The Morgan fingerprint density at radius 1 is 1.23 bits per heavy atom. The number of hydrogen-bond acceptors (Lipinski definition) is 2.